The summed E-state index contributed by atoms with van der Waals surface area (Å²) in [5.74, 6) is 1.91. The first-order valence-corrected chi connectivity index (χ1v) is 6.32. The van der Waals surface area contributed by atoms with Gasteiger partial charge < -0.3 is 5.32 Å². The van der Waals surface area contributed by atoms with Gasteiger partial charge in [-0.15, -0.1) is 0 Å². The van der Waals surface area contributed by atoms with E-state index in [0.717, 1.165) is 23.9 Å². The van der Waals surface area contributed by atoms with E-state index in [1.54, 1.807) is 0 Å². The lowest BCUT2D eigenvalue weighted by Crippen LogP contribution is -2.17. The molecule has 3 nitrogen and oxygen atoms in total. The molecule has 0 aliphatic heterocycles. The molecule has 0 saturated carbocycles. The first kappa shape index (κ1) is 13.1. The Kier molecular flexibility index (Phi) is 4.84. The Hall–Kier alpha value is -0.990. The number of aryl methyl sites for hydroxylation is 2. The van der Waals surface area contributed by atoms with E-state index in [9.17, 15) is 0 Å². The number of nitrogens with zero attached hydrogens (tertiary/aromatic N) is 2. The molecule has 1 N–H and O–H groups in total. The zero-order valence-electron chi connectivity index (χ0n) is 11.2. The van der Waals surface area contributed by atoms with Crippen LogP contribution in [0.5, 0.6) is 0 Å². The van der Waals surface area contributed by atoms with Crippen LogP contribution in [0.4, 0.5) is 5.82 Å². The standard InChI is InChI=1S/C13H25N3/c1-6-12-9-13(16(5)15-12)14-11(4)8-7-10(2)3/h9-11,14H,6-8H2,1-5H3. The maximum atomic E-state index is 4.43. The third-order valence-corrected chi connectivity index (χ3v) is 2.86. The number of aromatic nitrogens is 2. The van der Waals surface area contributed by atoms with E-state index in [1.807, 2.05) is 11.7 Å². The van der Waals surface area contributed by atoms with E-state index in [0.29, 0.717) is 6.04 Å². The van der Waals surface area contributed by atoms with Gasteiger partial charge in [0.05, 0.1) is 5.69 Å². The fourth-order valence-corrected chi connectivity index (χ4v) is 1.74. The van der Waals surface area contributed by atoms with Crippen LogP contribution < -0.4 is 5.32 Å². The Morgan fingerprint density at radius 3 is 2.50 bits per heavy atom. The lowest BCUT2D eigenvalue weighted by Gasteiger charge is -2.15. The SMILES string of the molecule is CCc1cc(NC(C)CCC(C)C)n(C)n1. The van der Waals surface area contributed by atoms with Crippen molar-refractivity contribution in [1.29, 1.82) is 0 Å². The smallest absolute Gasteiger partial charge is 0.124 e. The first-order chi connectivity index (χ1) is 7.52. The topological polar surface area (TPSA) is 29.9 Å². The number of hydrogen-bond donors (Lipinski definition) is 1. The third kappa shape index (κ3) is 3.87. The molecule has 3 heteroatoms. The predicted molar refractivity (Wildman–Crippen MR) is 69.7 cm³/mol. The van der Waals surface area contributed by atoms with Crippen molar-refractivity contribution in [3.05, 3.63) is 11.8 Å². The van der Waals surface area contributed by atoms with Gasteiger partial charge >= 0.3 is 0 Å². The van der Waals surface area contributed by atoms with E-state index in [-0.39, 0.29) is 0 Å². The molecular weight excluding hydrogens is 198 g/mol. The van der Waals surface area contributed by atoms with Crippen molar-refractivity contribution in [2.45, 2.75) is 53.0 Å². The maximum absolute atomic E-state index is 4.43. The zero-order valence-corrected chi connectivity index (χ0v) is 11.2. The first-order valence-electron chi connectivity index (χ1n) is 6.32. The van der Waals surface area contributed by atoms with E-state index in [2.05, 4.69) is 44.2 Å². The molecule has 16 heavy (non-hydrogen) atoms. The van der Waals surface area contributed by atoms with Crippen LogP contribution in [0.2, 0.25) is 0 Å². The summed E-state index contributed by atoms with van der Waals surface area (Å²) in [7, 11) is 2.00. The fraction of sp³-hybridized carbons (Fsp3) is 0.769. The minimum atomic E-state index is 0.516. The molecule has 0 amide bonds. The maximum Gasteiger partial charge on any atom is 0.124 e. The van der Waals surface area contributed by atoms with Crippen molar-refractivity contribution >= 4 is 5.82 Å². The predicted octanol–water partition coefficient (Wildman–Crippen LogP) is 3.22. The molecule has 1 aromatic heterocycles. The van der Waals surface area contributed by atoms with Crippen LogP contribution in [0, 0.1) is 5.92 Å². The molecule has 0 radical (unpaired) electrons. The highest BCUT2D eigenvalue weighted by Crippen LogP contribution is 2.14. The second-order valence-electron chi connectivity index (χ2n) is 5.01. The van der Waals surface area contributed by atoms with Crippen LogP contribution in [0.15, 0.2) is 6.07 Å². The lowest BCUT2D eigenvalue weighted by atomic mass is 10.0. The minimum absolute atomic E-state index is 0.516. The van der Waals surface area contributed by atoms with Gasteiger partial charge in [0.2, 0.25) is 0 Å². The Morgan fingerprint density at radius 1 is 1.31 bits per heavy atom. The van der Waals surface area contributed by atoms with Gasteiger partial charge in [0.25, 0.3) is 0 Å². The van der Waals surface area contributed by atoms with Gasteiger partial charge in [-0.05, 0) is 32.1 Å². The number of anilines is 1. The summed E-state index contributed by atoms with van der Waals surface area (Å²) in [4.78, 5) is 0. The molecule has 0 aliphatic carbocycles. The van der Waals surface area contributed by atoms with Gasteiger partial charge in [-0.1, -0.05) is 20.8 Å². The zero-order chi connectivity index (χ0) is 12.1. The second kappa shape index (κ2) is 5.92. The third-order valence-electron chi connectivity index (χ3n) is 2.86. The Bertz CT molecular complexity index is 315. The van der Waals surface area contributed by atoms with Crippen molar-refractivity contribution in [3.8, 4) is 0 Å². The average Bonchev–Trinajstić information content (AvgIpc) is 2.57. The van der Waals surface area contributed by atoms with Gasteiger partial charge in [-0.2, -0.15) is 5.10 Å². The average molecular weight is 223 g/mol. The molecule has 0 fully saturated rings. The van der Waals surface area contributed by atoms with Crippen LogP contribution >= 0.6 is 0 Å². The molecule has 1 rings (SSSR count). The van der Waals surface area contributed by atoms with Crippen LogP contribution in [-0.2, 0) is 13.5 Å². The Morgan fingerprint density at radius 2 is 2.00 bits per heavy atom. The molecule has 1 atom stereocenters. The lowest BCUT2D eigenvalue weighted by molar-refractivity contribution is 0.525. The number of rotatable bonds is 6. The summed E-state index contributed by atoms with van der Waals surface area (Å²) < 4.78 is 1.94. The van der Waals surface area contributed by atoms with Crippen molar-refractivity contribution < 1.29 is 0 Å². The van der Waals surface area contributed by atoms with Crippen molar-refractivity contribution in [2.75, 3.05) is 5.32 Å². The molecule has 0 saturated heterocycles. The summed E-state index contributed by atoms with van der Waals surface area (Å²) in [6.45, 7) is 8.91. The quantitative estimate of drug-likeness (QED) is 0.802. The molecule has 0 spiro atoms. The van der Waals surface area contributed by atoms with Crippen LogP contribution in [0.25, 0.3) is 0 Å². The summed E-state index contributed by atoms with van der Waals surface area (Å²) >= 11 is 0. The van der Waals surface area contributed by atoms with Crippen molar-refractivity contribution in [2.24, 2.45) is 13.0 Å². The molecule has 0 aliphatic rings. The van der Waals surface area contributed by atoms with E-state index >= 15 is 0 Å². The Labute approximate surface area is 99.2 Å². The number of nitrogens with one attached hydrogen (secondary N) is 1. The summed E-state index contributed by atoms with van der Waals surface area (Å²) in [6, 6.07) is 2.66. The Balaban J connectivity index is 2.48. The van der Waals surface area contributed by atoms with E-state index in [1.165, 1.54) is 12.8 Å². The number of hydrogen-bond acceptors (Lipinski definition) is 2. The summed E-state index contributed by atoms with van der Waals surface area (Å²) in [5.41, 5.74) is 1.15. The normalized spacial score (nSPS) is 13.1. The molecule has 0 aromatic carbocycles. The van der Waals surface area contributed by atoms with Gasteiger partial charge in [0.15, 0.2) is 0 Å². The fourth-order valence-electron chi connectivity index (χ4n) is 1.74. The van der Waals surface area contributed by atoms with Gasteiger partial charge in [0.1, 0.15) is 5.82 Å². The van der Waals surface area contributed by atoms with Gasteiger partial charge in [-0.3, -0.25) is 4.68 Å². The highest BCUT2D eigenvalue weighted by atomic mass is 15.3. The van der Waals surface area contributed by atoms with Crippen molar-refractivity contribution in [3.63, 3.8) is 0 Å². The molecule has 92 valence electrons. The molecule has 1 unspecified atom stereocenters. The molecular formula is C13H25N3. The van der Waals surface area contributed by atoms with E-state index in [4.69, 9.17) is 0 Å². The molecule has 0 bridgehead atoms. The van der Waals surface area contributed by atoms with Gasteiger partial charge in [0, 0.05) is 19.2 Å². The summed E-state index contributed by atoms with van der Waals surface area (Å²) in [6.07, 6.45) is 3.48. The minimum Gasteiger partial charge on any atom is -0.368 e. The largest absolute Gasteiger partial charge is 0.368 e. The second-order valence-corrected chi connectivity index (χ2v) is 5.01. The highest BCUT2D eigenvalue weighted by molar-refractivity contribution is 5.37. The van der Waals surface area contributed by atoms with E-state index < -0.39 is 0 Å². The van der Waals surface area contributed by atoms with Crippen LogP contribution in [-0.4, -0.2) is 15.8 Å². The molecule has 1 heterocycles. The molecule has 1 aromatic rings. The van der Waals surface area contributed by atoms with Gasteiger partial charge in [-0.25, -0.2) is 0 Å². The monoisotopic (exact) mass is 223 g/mol. The van der Waals surface area contributed by atoms with Crippen LogP contribution in [0.1, 0.15) is 46.2 Å². The summed E-state index contributed by atoms with van der Waals surface area (Å²) in [5, 5.41) is 7.95. The van der Waals surface area contributed by atoms with Crippen LogP contribution in [0.3, 0.4) is 0 Å². The highest BCUT2D eigenvalue weighted by Gasteiger charge is 2.07. The van der Waals surface area contributed by atoms with Crippen molar-refractivity contribution in [1.82, 2.24) is 9.78 Å².